The van der Waals surface area contributed by atoms with Crippen LogP contribution in [0.25, 0.3) is 0 Å². The highest BCUT2D eigenvalue weighted by Gasteiger charge is 2.64. The third-order valence-electron chi connectivity index (χ3n) is 11.7. The molecule has 0 radical (unpaired) electrons. The van der Waals surface area contributed by atoms with Crippen molar-refractivity contribution < 1.29 is 52.8 Å². The number of hydrogen-bond acceptors (Lipinski definition) is 13. The smallest absolute Gasteiger partial charge is 0.409 e. The number of nitrogens with one attached hydrogen (secondary N) is 2. The molecule has 4 amide bonds. The average molecular weight is 912 g/mol. The Morgan fingerprint density at radius 2 is 1.92 bits per heavy atom. The summed E-state index contributed by atoms with van der Waals surface area (Å²) in [6.07, 6.45) is 2.74. The fourth-order valence-electron chi connectivity index (χ4n) is 7.46. The van der Waals surface area contributed by atoms with Gasteiger partial charge in [-0.15, -0.1) is 0 Å². The summed E-state index contributed by atoms with van der Waals surface area (Å²) < 4.78 is 29.2. The van der Waals surface area contributed by atoms with Crippen LogP contribution >= 0.6 is 33.2 Å². The first-order chi connectivity index (χ1) is 28.6. The SMILES string of the molecule is CNC(=O)CCCSSC(C)(C)CCC(=O)N(C)[C@@H](C)C(=O)O[C@H]1CC(=O)N(C)c2cc(cc(OC)c2Cl)C/C(C)=C/C=C/[C@@H](OC)[C@@]2(O)C[C@H](OC(=O)N2)[C@@H](C)[C@@H]2O[C@@]12C. The van der Waals surface area contributed by atoms with Gasteiger partial charge >= 0.3 is 12.1 Å². The predicted octanol–water partition coefficient (Wildman–Crippen LogP) is 5.98. The number of anilines is 1. The normalized spacial score (nSPS) is 28.8. The van der Waals surface area contributed by atoms with E-state index in [1.807, 2.05) is 26.8 Å². The Morgan fingerprint density at radius 3 is 2.57 bits per heavy atom. The number of nitrogens with zero attached hydrogens (tertiary/aromatic N) is 2. The number of likely N-dealkylation sites (N-methyl/N-ethyl adjacent to an activating group) is 1. The van der Waals surface area contributed by atoms with Crippen LogP contribution in [0.4, 0.5) is 10.5 Å². The Balaban J connectivity index is 1.60. The topological polar surface area (TPSA) is 186 Å². The van der Waals surface area contributed by atoms with E-state index in [-0.39, 0.29) is 40.8 Å². The number of methoxy groups -OCH3 is 2. The first-order valence-electron chi connectivity index (χ1n) is 20.5. The molecule has 61 heavy (non-hydrogen) atoms. The van der Waals surface area contributed by atoms with Crippen LogP contribution in [0.5, 0.6) is 5.75 Å². The van der Waals surface area contributed by atoms with E-state index in [0.29, 0.717) is 30.7 Å². The maximum atomic E-state index is 14.3. The lowest BCUT2D eigenvalue weighted by Crippen LogP contribution is -2.63. The zero-order chi connectivity index (χ0) is 45.4. The summed E-state index contributed by atoms with van der Waals surface area (Å²) in [7, 11) is 11.0. The van der Waals surface area contributed by atoms with Crippen molar-refractivity contribution in [3.63, 3.8) is 0 Å². The Morgan fingerprint density at radius 1 is 1.21 bits per heavy atom. The van der Waals surface area contributed by atoms with Crippen LogP contribution in [0.2, 0.25) is 5.02 Å². The van der Waals surface area contributed by atoms with Crippen molar-refractivity contribution in [3.8, 4) is 5.75 Å². The largest absolute Gasteiger partial charge is 0.495 e. The van der Waals surface area contributed by atoms with Gasteiger partial charge in [0.2, 0.25) is 17.7 Å². The van der Waals surface area contributed by atoms with Crippen molar-refractivity contribution in [1.82, 2.24) is 15.5 Å². The number of aliphatic hydroxyl groups is 1. The van der Waals surface area contributed by atoms with Crippen LogP contribution < -0.4 is 20.3 Å². The number of ether oxygens (including phenoxy) is 5. The molecule has 2 fully saturated rings. The molecule has 0 aromatic heterocycles. The number of hydrogen-bond donors (Lipinski definition) is 3. The van der Waals surface area contributed by atoms with Crippen LogP contribution in [0.3, 0.4) is 0 Å². The molecular weight excluding hydrogens is 848 g/mol. The molecule has 8 atom stereocenters. The van der Waals surface area contributed by atoms with E-state index < -0.39 is 65.7 Å². The number of allylic oxidation sites excluding steroid dienone is 3. The predicted molar refractivity (Wildman–Crippen MR) is 238 cm³/mol. The van der Waals surface area contributed by atoms with Gasteiger partial charge in [0.05, 0.1) is 25.3 Å². The molecule has 4 rings (SSSR count). The molecule has 3 N–H and O–H groups in total. The van der Waals surface area contributed by atoms with Gasteiger partial charge in [-0.3, -0.25) is 19.7 Å². The molecule has 0 spiro atoms. The lowest BCUT2D eigenvalue weighted by Gasteiger charge is -2.42. The molecule has 340 valence electrons. The molecule has 0 aliphatic carbocycles. The molecule has 4 bridgehead atoms. The summed E-state index contributed by atoms with van der Waals surface area (Å²) in [5, 5.41) is 17.2. The second-order valence-electron chi connectivity index (χ2n) is 16.8. The van der Waals surface area contributed by atoms with Crippen LogP contribution in [0.1, 0.15) is 85.6 Å². The maximum absolute atomic E-state index is 14.3. The quantitative estimate of drug-likeness (QED) is 0.0858. The molecule has 18 heteroatoms. The van der Waals surface area contributed by atoms with E-state index in [9.17, 15) is 29.1 Å². The third kappa shape index (κ3) is 12.8. The van der Waals surface area contributed by atoms with Crippen LogP contribution in [0, 0.1) is 5.92 Å². The van der Waals surface area contributed by atoms with Gasteiger partial charge < -0.3 is 43.9 Å². The number of carbonyl (C=O) groups excluding carboxylic acids is 5. The summed E-state index contributed by atoms with van der Waals surface area (Å²) in [5.41, 5.74) is -0.978. The minimum Gasteiger partial charge on any atom is -0.495 e. The minimum absolute atomic E-state index is 0.00290. The van der Waals surface area contributed by atoms with E-state index in [2.05, 4.69) is 10.6 Å². The molecule has 3 aliphatic rings. The van der Waals surface area contributed by atoms with E-state index in [1.165, 1.54) is 24.0 Å². The number of fused-ring (bicyclic) bond motifs is 5. The summed E-state index contributed by atoms with van der Waals surface area (Å²) in [5.74, 6) is -0.817. The molecule has 0 saturated carbocycles. The summed E-state index contributed by atoms with van der Waals surface area (Å²) in [4.78, 5) is 69.0. The number of esters is 1. The van der Waals surface area contributed by atoms with Crippen molar-refractivity contribution in [3.05, 3.63) is 46.5 Å². The number of alkyl carbamates (subject to hydrolysis) is 1. The molecule has 1 aromatic carbocycles. The molecule has 3 heterocycles. The highest BCUT2D eigenvalue weighted by atomic mass is 35.5. The molecule has 3 aliphatic heterocycles. The summed E-state index contributed by atoms with van der Waals surface area (Å²) in [6, 6.07) is 2.57. The molecular formula is C43H63ClN4O11S2. The number of carbonyl (C=O) groups is 5. The molecule has 0 unspecified atom stereocenters. The van der Waals surface area contributed by atoms with Gasteiger partial charge in [0.1, 0.15) is 40.7 Å². The van der Waals surface area contributed by atoms with E-state index in [0.717, 1.165) is 23.3 Å². The van der Waals surface area contributed by atoms with Crippen molar-refractivity contribution in [2.45, 2.75) is 133 Å². The number of epoxide rings is 1. The fourth-order valence-corrected chi connectivity index (χ4v) is 10.4. The first kappa shape index (κ1) is 50.2. The van der Waals surface area contributed by atoms with E-state index in [4.69, 9.17) is 35.3 Å². The zero-order valence-electron chi connectivity index (χ0n) is 37.1. The average Bonchev–Trinajstić information content (AvgIpc) is 3.91. The van der Waals surface area contributed by atoms with Crippen molar-refractivity contribution >= 4 is 68.7 Å². The Hall–Kier alpha value is -3.48. The second kappa shape index (κ2) is 21.3. The zero-order valence-corrected chi connectivity index (χ0v) is 39.5. The lowest BCUT2D eigenvalue weighted by molar-refractivity contribution is -0.162. The number of benzene rings is 1. The van der Waals surface area contributed by atoms with Gasteiger partial charge in [-0.05, 0) is 71.6 Å². The number of rotatable bonds is 14. The molecule has 1 aromatic rings. The van der Waals surface area contributed by atoms with Crippen molar-refractivity contribution in [1.29, 1.82) is 0 Å². The van der Waals surface area contributed by atoms with E-state index in [1.54, 1.807) is 87.8 Å². The third-order valence-corrected chi connectivity index (χ3v) is 15.5. The van der Waals surface area contributed by atoms with Crippen LogP contribution in [-0.2, 0) is 44.5 Å². The highest BCUT2D eigenvalue weighted by Crippen LogP contribution is 2.49. The van der Waals surface area contributed by atoms with Gasteiger partial charge in [0.15, 0.2) is 5.72 Å². The Kier molecular flexibility index (Phi) is 17.5. The van der Waals surface area contributed by atoms with Gasteiger partial charge in [0, 0.05) is 63.9 Å². The lowest BCUT2D eigenvalue weighted by atomic mass is 9.83. The van der Waals surface area contributed by atoms with Gasteiger partial charge in [-0.2, -0.15) is 0 Å². The number of halogens is 1. The monoisotopic (exact) mass is 910 g/mol. The standard InChI is InChI=1S/C43H63ClN4O11S2/c1-25-14-12-15-32(56-11)43(54)24-31(57-40(53)46-43)26(2)38-42(6,59-38)33(23-36(51)48(9)29-21-28(20-25)22-30(55-10)37(29)44)58-39(52)27(3)47(8)35(50)17-18-41(4,5)61-60-19-13-16-34(49)45-7/h12,14-15,21-22,26-27,31-33,38,54H,13,16-20,23-24H2,1-11H3,(H,45,49)(H,46,53)/b15-12+,25-14+/t26-,27+,31+,32-,33+,38+,42+,43+/m1/s1. The van der Waals surface area contributed by atoms with Crippen LogP contribution in [0.15, 0.2) is 35.9 Å². The fraction of sp³-hybridized carbons (Fsp3) is 0.651. The Labute approximate surface area is 372 Å². The van der Waals surface area contributed by atoms with Gasteiger partial charge in [0.25, 0.3) is 0 Å². The van der Waals surface area contributed by atoms with Crippen molar-refractivity contribution in [2.75, 3.05) is 46.0 Å². The summed E-state index contributed by atoms with van der Waals surface area (Å²) in [6.45, 7) is 11.1. The van der Waals surface area contributed by atoms with Gasteiger partial charge in [-0.25, -0.2) is 9.59 Å². The van der Waals surface area contributed by atoms with Crippen molar-refractivity contribution in [2.24, 2.45) is 5.92 Å². The number of amides is 4. The van der Waals surface area contributed by atoms with Crippen LogP contribution in [-0.4, -0.2) is 127 Å². The second-order valence-corrected chi connectivity index (χ2v) is 20.3. The molecule has 2 saturated heterocycles. The Bertz CT molecular complexity index is 1850. The maximum Gasteiger partial charge on any atom is 0.409 e. The summed E-state index contributed by atoms with van der Waals surface area (Å²) >= 11 is 6.80. The van der Waals surface area contributed by atoms with E-state index >= 15 is 0 Å². The molecule has 15 nitrogen and oxygen atoms in total. The minimum atomic E-state index is -1.84. The first-order valence-corrected chi connectivity index (χ1v) is 23.1. The van der Waals surface area contributed by atoms with Gasteiger partial charge in [-0.1, -0.05) is 63.9 Å². The highest BCUT2D eigenvalue weighted by molar-refractivity contribution is 8.77.